The first-order valence-electron chi connectivity index (χ1n) is 2.50. The molecule has 0 radical (unpaired) electrons. The molecule has 48 valence electrons. The molecule has 4 heteroatoms. The van der Waals surface area contributed by atoms with Crippen LogP contribution in [0.2, 0.25) is 0 Å². The summed E-state index contributed by atoms with van der Waals surface area (Å²) in [5.74, 6) is 0.500. The molecular formula is C5H8N3O+. The van der Waals surface area contributed by atoms with Gasteiger partial charge in [-0.3, -0.25) is 5.73 Å². The Balaban J connectivity index is 3.17. The molecule has 0 bridgehead atoms. The minimum Gasteiger partial charge on any atom is -0.503 e. The van der Waals surface area contributed by atoms with E-state index in [1.807, 2.05) is 0 Å². The Bertz CT molecular complexity index is 223. The highest BCUT2D eigenvalue weighted by Crippen LogP contribution is 1.99. The molecule has 0 saturated carbocycles. The van der Waals surface area contributed by atoms with E-state index in [4.69, 9.17) is 10.8 Å². The van der Waals surface area contributed by atoms with Crippen LogP contribution in [-0.4, -0.2) is 10.1 Å². The Kier molecular flexibility index (Phi) is 1.22. The van der Waals surface area contributed by atoms with E-state index in [1.165, 1.54) is 17.0 Å². The lowest BCUT2D eigenvalue weighted by Gasteiger charge is -1.91. The average molecular weight is 126 g/mol. The second-order valence-corrected chi connectivity index (χ2v) is 1.78. The van der Waals surface area contributed by atoms with Crippen molar-refractivity contribution < 1.29 is 9.67 Å². The molecule has 3 N–H and O–H groups in total. The number of aromatic nitrogens is 2. The molecule has 0 unspecified atom stereocenters. The fourth-order valence-corrected chi connectivity index (χ4v) is 0.521. The molecule has 0 fully saturated rings. The predicted molar refractivity (Wildman–Crippen MR) is 31.5 cm³/mol. The lowest BCUT2D eigenvalue weighted by Crippen LogP contribution is -2.32. The van der Waals surface area contributed by atoms with Gasteiger partial charge in [-0.1, -0.05) is 4.98 Å². The summed E-state index contributed by atoms with van der Waals surface area (Å²) in [5, 5.41) is 8.80. The van der Waals surface area contributed by atoms with E-state index in [1.54, 1.807) is 7.05 Å². The lowest BCUT2D eigenvalue weighted by atomic mass is 10.6. The minimum absolute atomic E-state index is 0.117. The Morgan fingerprint density at radius 3 is 2.89 bits per heavy atom. The number of nitrogen functional groups attached to an aromatic ring is 1. The first-order valence-corrected chi connectivity index (χ1v) is 2.50. The predicted octanol–water partition coefficient (Wildman–Crippen LogP) is -0.806. The maximum Gasteiger partial charge on any atom is 0.389 e. The van der Waals surface area contributed by atoms with Gasteiger partial charge in [-0.15, -0.1) is 0 Å². The standard InChI is InChI=1S/C5H7N3O/c1-8-3-4(9)2-7-5(8)6/h2-3,6,9H,1H3/p+1. The molecule has 1 rings (SSSR count). The van der Waals surface area contributed by atoms with Gasteiger partial charge in [0.25, 0.3) is 0 Å². The van der Waals surface area contributed by atoms with E-state index in [2.05, 4.69) is 4.98 Å². The fourth-order valence-electron chi connectivity index (χ4n) is 0.521. The molecule has 1 heterocycles. The van der Waals surface area contributed by atoms with E-state index >= 15 is 0 Å². The zero-order valence-corrected chi connectivity index (χ0v) is 5.07. The van der Waals surface area contributed by atoms with Crippen LogP contribution in [0.15, 0.2) is 12.4 Å². The van der Waals surface area contributed by atoms with Gasteiger partial charge in [0.05, 0.1) is 7.05 Å². The number of aryl methyl sites for hydroxylation is 1. The topological polar surface area (TPSA) is 63.0 Å². The largest absolute Gasteiger partial charge is 0.503 e. The number of nitrogens with two attached hydrogens (primary N) is 1. The number of hydrogen-bond donors (Lipinski definition) is 2. The normalized spacial score (nSPS) is 9.44. The highest BCUT2D eigenvalue weighted by atomic mass is 16.3. The van der Waals surface area contributed by atoms with Crippen molar-refractivity contribution in [1.29, 1.82) is 0 Å². The highest BCUT2D eigenvalue weighted by molar-refractivity contribution is 5.12. The van der Waals surface area contributed by atoms with Gasteiger partial charge < -0.3 is 5.11 Å². The van der Waals surface area contributed by atoms with Crippen LogP contribution >= 0.6 is 0 Å². The summed E-state index contributed by atoms with van der Waals surface area (Å²) in [6.07, 6.45) is 2.79. The van der Waals surface area contributed by atoms with Crippen LogP contribution in [0.1, 0.15) is 0 Å². The zero-order chi connectivity index (χ0) is 6.85. The average Bonchev–Trinajstić information content (AvgIpc) is 1.80. The van der Waals surface area contributed by atoms with Gasteiger partial charge in [0.15, 0.2) is 11.9 Å². The van der Waals surface area contributed by atoms with Crippen molar-refractivity contribution in [2.24, 2.45) is 7.05 Å². The maximum absolute atomic E-state index is 8.80. The number of nitrogens with zero attached hydrogens (tertiary/aromatic N) is 2. The van der Waals surface area contributed by atoms with Gasteiger partial charge in [0.2, 0.25) is 0 Å². The van der Waals surface area contributed by atoms with Crippen molar-refractivity contribution in [3.63, 3.8) is 0 Å². The molecule has 0 aromatic carbocycles. The van der Waals surface area contributed by atoms with E-state index in [-0.39, 0.29) is 5.75 Å². The zero-order valence-electron chi connectivity index (χ0n) is 5.07. The Morgan fingerprint density at radius 1 is 1.78 bits per heavy atom. The van der Waals surface area contributed by atoms with Crippen LogP contribution in [0, 0.1) is 0 Å². The number of rotatable bonds is 0. The Labute approximate surface area is 52.6 Å². The molecule has 1 aromatic heterocycles. The summed E-state index contributed by atoms with van der Waals surface area (Å²) >= 11 is 0. The summed E-state index contributed by atoms with van der Waals surface area (Å²) in [5.41, 5.74) is 5.33. The SMILES string of the molecule is C[n+]1cc(O)cnc1N. The summed E-state index contributed by atoms with van der Waals surface area (Å²) in [4.78, 5) is 3.67. The van der Waals surface area contributed by atoms with E-state index < -0.39 is 0 Å². The molecule has 0 atom stereocenters. The van der Waals surface area contributed by atoms with Gasteiger partial charge in [-0.2, -0.15) is 0 Å². The van der Waals surface area contributed by atoms with Crippen molar-refractivity contribution in [1.82, 2.24) is 4.98 Å². The molecule has 0 saturated heterocycles. The van der Waals surface area contributed by atoms with Crippen molar-refractivity contribution >= 4 is 5.95 Å². The van der Waals surface area contributed by atoms with Crippen LogP contribution in [0.5, 0.6) is 5.75 Å². The van der Waals surface area contributed by atoms with Crippen LogP contribution < -0.4 is 10.3 Å². The molecule has 0 aliphatic heterocycles. The molecular weight excluding hydrogens is 118 g/mol. The Hall–Kier alpha value is -1.32. The molecule has 0 spiro atoms. The first-order chi connectivity index (χ1) is 4.20. The summed E-state index contributed by atoms with van der Waals surface area (Å²) in [7, 11) is 1.71. The second-order valence-electron chi connectivity index (χ2n) is 1.78. The van der Waals surface area contributed by atoms with E-state index in [9.17, 15) is 0 Å². The number of anilines is 1. The van der Waals surface area contributed by atoms with Crippen LogP contribution in [0.25, 0.3) is 0 Å². The van der Waals surface area contributed by atoms with Crippen LogP contribution in [0.4, 0.5) is 5.95 Å². The third kappa shape index (κ3) is 1.07. The van der Waals surface area contributed by atoms with Gasteiger partial charge in [-0.05, 0) is 0 Å². The third-order valence-corrected chi connectivity index (χ3v) is 1.02. The number of hydrogen-bond acceptors (Lipinski definition) is 3. The van der Waals surface area contributed by atoms with Crippen molar-refractivity contribution in [3.8, 4) is 5.75 Å². The maximum atomic E-state index is 8.80. The quantitative estimate of drug-likeness (QED) is 0.447. The summed E-state index contributed by atoms with van der Waals surface area (Å²) in [6.45, 7) is 0. The van der Waals surface area contributed by atoms with E-state index in [0.29, 0.717) is 5.95 Å². The molecule has 4 nitrogen and oxygen atoms in total. The summed E-state index contributed by atoms with van der Waals surface area (Å²) in [6, 6.07) is 0. The monoisotopic (exact) mass is 126 g/mol. The first kappa shape index (κ1) is 5.81. The highest BCUT2D eigenvalue weighted by Gasteiger charge is 2.00. The van der Waals surface area contributed by atoms with Gasteiger partial charge in [-0.25, -0.2) is 4.57 Å². The minimum atomic E-state index is 0.117. The fraction of sp³-hybridized carbons (Fsp3) is 0.200. The molecule has 0 amide bonds. The van der Waals surface area contributed by atoms with E-state index in [0.717, 1.165) is 0 Å². The molecule has 9 heavy (non-hydrogen) atoms. The van der Waals surface area contributed by atoms with Gasteiger partial charge in [0, 0.05) is 0 Å². The van der Waals surface area contributed by atoms with Crippen LogP contribution in [0.3, 0.4) is 0 Å². The second kappa shape index (κ2) is 1.89. The molecule has 1 aromatic rings. The molecule has 0 aliphatic rings. The van der Waals surface area contributed by atoms with Crippen molar-refractivity contribution in [3.05, 3.63) is 12.4 Å². The third-order valence-electron chi connectivity index (χ3n) is 1.02. The van der Waals surface area contributed by atoms with Crippen molar-refractivity contribution in [2.75, 3.05) is 5.73 Å². The summed E-state index contributed by atoms with van der Waals surface area (Å²) < 4.78 is 1.54. The molecule has 0 aliphatic carbocycles. The number of aromatic hydroxyl groups is 1. The van der Waals surface area contributed by atoms with Crippen LogP contribution in [-0.2, 0) is 7.05 Å². The van der Waals surface area contributed by atoms with Gasteiger partial charge >= 0.3 is 5.95 Å². The van der Waals surface area contributed by atoms with Gasteiger partial charge in [0.1, 0.15) is 6.20 Å². The smallest absolute Gasteiger partial charge is 0.389 e. The van der Waals surface area contributed by atoms with Crippen molar-refractivity contribution in [2.45, 2.75) is 0 Å². The Morgan fingerprint density at radius 2 is 2.44 bits per heavy atom. The lowest BCUT2D eigenvalue weighted by molar-refractivity contribution is -0.659.